The van der Waals surface area contributed by atoms with Gasteiger partial charge in [-0.15, -0.1) is 11.8 Å². The lowest BCUT2D eigenvalue weighted by molar-refractivity contribution is -0.127. The number of nitrogens with zero attached hydrogens (tertiary/aromatic N) is 4. The number of anilines is 1. The van der Waals surface area contributed by atoms with Gasteiger partial charge in [-0.1, -0.05) is 23.7 Å². The second-order valence-electron chi connectivity index (χ2n) is 7.50. The fourth-order valence-electron chi connectivity index (χ4n) is 3.49. The normalized spacial score (nSPS) is 13.0. The molecular formula is C23H22ClN5O4S. The first-order valence-corrected chi connectivity index (χ1v) is 12.0. The van der Waals surface area contributed by atoms with Crippen molar-refractivity contribution in [3.63, 3.8) is 0 Å². The summed E-state index contributed by atoms with van der Waals surface area (Å²) in [5.74, 6) is -0.888. The van der Waals surface area contributed by atoms with Crippen LogP contribution >= 0.6 is 23.4 Å². The van der Waals surface area contributed by atoms with Crippen LogP contribution in [-0.4, -0.2) is 62.9 Å². The Bertz CT molecular complexity index is 1180. The molecule has 176 valence electrons. The Labute approximate surface area is 205 Å². The van der Waals surface area contributed by atoms with Crippen LogP contribution in [0.4, 0.5) is 5.69 Å². The molecule has 4 rings (SSSR count). The van der Waals surface area contributed by atoms with Crippen LogP contribution < -0.4 is 5.32 Å². The monoisotopic (exact) mass is 499 g/mol. The van der Waals surface area contributed by atoms with Crippen molar-refractivity contribution in [1.82, 2.24) is 19.7 Å². The Morgan fingerprint density at radius 3 is 2.68 bits per heavy atom. The predicted molar refractivity (Wildman–Crippen MR) is 128 cm³/mol. The number of carbonyl (C=O) groups excluding carboxylic acids is 3. The minimum absolute atomic E-state index is 0.0507. The van der Waals surface area contributed by atoms with Gasteiger partial charge in [-0.3, -0.25) is 9.59 Å². The third kappa shape index (κ3) is 5.95. The highest BCUT2D eigenvalue weighted by atomic mass is 35.5. The van der Waals surface area contributed by atoms with Gasteiger partial charge in [0, 0.05) is 23.0 Å². The van der Waals surface area contributed by atoms with Gasteiger partial charge in [-0.05, 0) is 43.2 Å². The van der Waals surface area contributed by atoms with E-state index in [0.717, 1.165) is 25.9 Å². The molecule has 1 fully saturated rings. The van der Waals surface area contributed by atoms with Crippen LogP contribution in [0.5, 0.6) is 0 Å². The Kier molecular flexibility index (Phi) is 7.81. The zero-order valence-corrected chi connectivity index (χ0v) is 19.7. The van der Waals surface area contributed by atoms with Gasteiger partial charge in [-0.2, -0.15) is 5.10 Å². The van der Waals surface area contributed by atoms with Gasteiger partial charge in [0.15, 0.2) is 6.61 Å². The molecule has 2 heterocycles. The summed E-state index contributed by atoms with van der Waals surface area (Å²) in [5.41, 5.74) is 1.27. The zero-order chi connectivity index (χ0) is 23.9. The summed E-state index contributed by atoms with van der Waals surface area (Å²) >= 11 is 7.36. The molecule has 0 aliphatic carbocycles. The molecule has 1 aromatic heterocycles. The fourth-order valence-corrected chi connectivity index (χ4v) is 4.61. The van der Waals surface area contributed by atoms with E-state index >= 15 is 0 Å². The molecule has 34 heavy (non-hydrogen) atoms. The molecular weight excluding hydrogens is 478 g/mol. The molecule has 1 aliphatic rings. The van der Waals surface area contributed by atoms with Crippen LogP contribution in [0, 0.1) is 0 Å². The second-order valence-corrected chi connectivity index (χ2v) is 8.95. The summed E-state index contributed by atoms with van der Waals surface area (Å²) < 4.78 is 6.72. The number of benzene rings is 2. The van der Waals surface area contributed by atoms with Gasteiger partial charge in [0.25, 0.3) is 5.91 Å². The zero-order valence-electron chi connectivity index (χ0n) is 18.1. The number of carbonyl (C=O) groups is 3. The maximum atomic E-state index is 12.7. The lowest BCUT2D eigenvalue weighted by Gasteiger charge is -2.15. The standard InChI is InChI=1S/C23H22ClN5O4S/c24-16-7-8-19(29-15-25-14-26-29)18(11-16)27-21(30)12-33-23(32)17-5-1-2-6-20(17)34-13-22(31)28-9-3-4-10-28/h1-2,5-8,11,14-15H,3-4,9-10,12-13H2,(H,27,30). The van der Waals surface area contributed by atoms with E-state index in [4.69, 9.17) is 16.3 Å². The first-order chi connectivity index (χ1) is 16.5. The topological polar surface area (TPSA) is 106 Å². The van der Waals surface area contributed by atoms with Crippen molar-refractivity contribution in [3.05, 3.63) is 65.7 Å². The lowest BCUT2D eigenvalue weighted by Crippen LogP contribution is -2.29. The Morgan fingerprint density at radius 1 is 1.12 bits per heavy atom. The Hall–Kier alpha value is -3.37. The van der Waals surface area contributed by atoms with Crippen LogP contribution in [0.15, 0.2) is 60.0 Å². The van der Waals surface area contributed by atoms with E-state index in [0.29, 0.717) is 26.9 Å². The van der Waals surface area contributed by atoms with E-state index in [1.54, 1.807) is 42.5 Å². The van der Waals surface area contributed by atoms with Crippen LogP contribution in [0.3, 0.4) is 0 Å². The van der Waals surface area contributed by atoms with Crippen LogP contribution in [-0.2, 0) is 14.3 Å². The molecule has 1 saturated heterocycles. The number of esters is 1. The van der Waals surface area contributed by atoms with Crippen molar-refractivity contribution in [2.24, 2.45) is 0 Å². The molecule has 1 N–H and O–H groups in total. The summed E-state index contributed by atoms with van der Waals surface area (Å²) in [6.45, 7) is 1.07. The number of hydrogen-bond acceptors (Lipinski definition) is 7. The lowest BCUT2D eigenvalue weighted by atomic mass is 10.2. The van der Waals surface area contributed by atoms with Crippen molar-refractivity contribution in [1.29, 1.82) is 0 Å². The number of amides is 2. The summed E-state index contributed by atoms with van der Waals surface area (Å²) in [5, 5.41) is 7.17. The molecule has 0 atom stereocenters. The highest BCUT2D eigenvalue weighted by Crippen LogP contribution is 2.25. The third-order valence-corrected chi connectivity index (χ3v) is 6.44. The number of nitrogens with one attached hydrogen (secondary N) is 1. The molecule has 0 spiro atoms. The van der Waals surface area contributed by atoms with Crippen LogP contribution in [0.25, 0.3) is 5.69 Å². The molecule has 0 saturated carbocycles. The molecule has 1 aliphatic heterocycles. The molecule has 11 heteroatoms. The first kappa shape index (κ1) is 23.8. The van der Waals surface area contributed by atoms with Gasteiger partial charge >= 0.3 is 5.97 Å². The highest BCUT2D eigenvalue weighted by Gasteiger charge is 2.20. The van der Waals surface area contributed by atoms with Crippen molar-refractivity contribution in [2.75, 3.05) is 30.8 Å². The average Bonchev–Trinajstić information content (AvgIpc) is 3.56. The number of rotatable bonds is 8. The average molecular weight is 500 g/mol. The number of halogens is 1. The number of likely N-dealkylation sites (tertiary alicyclic amines) is 1. The van der Waals surface area contributed by atoms with Gasteiger partial charge in [0.1, 0.15) is 12.7 Å². The highest BCUT2D eigenvalue weighted by molar-refractivity contribution is 8.00. The summed E-state index contributed by atoms with van der Waals surface area (Å²) in [4.78, 5) is 43.9. The number of hydrogen-bond donors (Lipinski definition) is 1. The Morgan fingerprint density at radius 2 is 1.91 bits per heavy atom. The Balaban J connectivity index is 1.36. The van der Waals surface area contributed by atoms with E-state index in [9.17, 15) is 14.4 Å². The molecule has 3 aromatic rings. The van der Waals surface area contributed by atoms with Gasteiger partial charge in [-0.25, -0.2) is 14.5 Å². The van der Waals surface area contributed by atoms with Crippen molar-refractivity contribution in [2.45, 2.75) is 17.7 Å². The van der Waals surface area contributed by atoms with E-state index < -0.39 is 18.5 Å². The first-order valence-electron chi connectivity index (χ1n) is 10.6. The minimum atomic E-state index is -0.644. The summed E-state index contributed by atoms with van der Waals surface area (Å²) in [6, 6.07) is 11.8. The van der Waals surface area contributed by atoms with Gasteiger partial charge in [0.05, 0.1) is 22.7 Å². The molecule has 0 radical (unpaired) electrons. The minimum Gasteiger partial charge on any atom is -0.452 e. The number of thioether (sulfide) groups is 1. The van der Waals surface area contributed by atoms with E-state index in [2.05, 4.69) is 15.4 Å². The van der Waals surface area contributed by atoms with E-state index in [1.165, 1.54) is 29.1 Å². The molecule has 9 nitrogen and oxygen atoms in total. The van der Waals surface area contributed by atoms with E-state index in [1.807, 2.05) is 4.90 Å². The quantitative estimate of drug-likeness (QED) is 0.374. The maximum absolute atomic E-state index is 12.7. The smallest absolute Gasteiger partial charge is 0.339 e. The van der Waals surface area contributed by atoms with Crippen molar-refractivity contribution < 1.29 is 19.1 Å². The van der Waals surface area contributed by atoms with Crippen LogP contribution in [0.2, 0.25) is 5.02 Å². The van der Waals surface area contributed by atoms with Crippen molar-refractivity contribution >= 4 is 46.8 Å². The molecule has 0 bridgehead atoms. The SMILES string of the molecule is O=C(COC(=O)c1ccccc1SCC(=O)N1CCCC1)Nc1cc(Cl)ccc1-n1cncn1. The van der Waals surface area contributed by atoms with E-state index in [-0.39, 0.29) is 11.7 Å². The third-order valence-electron chi connectivity index (χ3n) is 5.15. The maximum Gasteiger partial charge on any atom is 0.339 e. The predicted octanol–water partition coefficient (Wildman–Crippen LogP) is 3.43. The van der Waals surface area contributed by atoms with Crippen molar-refractivity contribution in [3.8, 4) is 5.69 Å². The number of aromatic nitrogens is 3. The fraction of sp³-hybridized carbons (Fsp3) is 0.261. The second kappa shape index (κ2) is 11.2. The van der Waals surface area contributed by atoms with Gasteiger partial charge in [0.2, 0.25) is 5.91 Å². The van der Waals surface area contributed by atoms with Gasteiger partial charge < -0.3 is 15.0 Å². The molecule has 2 aromatic carbocycles. The molecule has 2 amide bonds. The summed E-state index contributed by atoms with van der Waals surface area (Å²) in [6.07, 6.45) is 4.91. The van der Waals surface area contributed by atoms with Crippen LogP contribution in [0.1, 0.15) is 23.2 Å². The molecule has 0 unspecified atom stereocenters. The summed E-state index contributed by atoms with van der Waals surface area (Å²) in [7, 11) is 0. The number of ether oxygens (including phenoxy) is 1. The largest absolute Gasteiger partial charge is 0.452 e.